The number of rotatable bonds is 4. The minimum atomic E-state index is 0.645. The monoisotopic (exact) mass is 332 g/mol. The van der Waals surface area contributed by atoms with Crippen LogP contribution < -0.4 is 5.32 Å². The fourth-order valence-electron chi connectivity index (χ4n) is 1.95. The Morgan fingerprint density at radius 1 is 1.39 bits per heavy atom. The van der Waals surface area contributed by atoms with Gasteiger partial charge >= 0.3 is 0 Å². The van der Waals surface area contributed by atoms with Gasteiger partial charge < -0.3 is 10.2 Å². The molecule has 4 nitrogen and oxygen atoms in total. The number of piperazine rings is 1. The summed E-state index contributed by atoms with van der Waals surface area (Å²) in [6, 6.07) is 1.85. The van der Waals surface area contributed by atoms with Gasteiger partial charge in [-0.1, -0.05) is 11.6 Å². The summed E-state index contributed by atoms with van der Waals surface area (Å²) >= 11 is 9.30. The Hall–Kier alpha value is -0.360. The van der Waals surface area contributed by atoms with Crippen LogP contribution in [0.5, 0.6) is 0 Å². The Kier molecular flexibility index (Phi) is 5.24. The van der Waals surface area contributed by atoms with Gasteiger partial charge in [0, 0.05) is 45.5 Å². The zero-order chi connectivity index (χ0) is 13.0. The molecule has 1 aromatic rings. The van der Waals surface area contributed by atoms with Crippen molar-refractivity contribution in [3.63, 3.8) is 0 Å². The summed E-state index contributed by atoms with van der Waals surface area (Å²) in [4.78, 5) is 9.09. The maximum absolute atomic E-state index is 5.85. The van der Waals surface area contributed by atoms with Crippen molar-refractivity contribution in [1.29, 1.82) is 0 Å². The van der Waals surface area contributed by atoms with Crippen LogP contribution in [-0.2, 0) is 0 Å². The third-order valence-corrected chi connectivity index (χ3v) is 3.94. The summed E-state index contributed by atoms with van der Waals surface area (Å²) in [5, 5.41) is 3.97. The van der Waals surface area contributed by atoms with E-state index in [1.807, 2.05) is 6.07 Å². The van der Waals surface area contributed by atoms with Gasteiger partial charge in [-0.2, -0.15) is 0 Å². The summed E-state index contributed by atoms with van der Waals surface area (Å²) in [7, 11) is 2.17. The van der Waals surface area contributed by atoms with Crippen LogP contribution in [0.1, 0.15) is 0 Å². The van der Waals surface area contributed by atoms with Crippen molar-refractivity contribution in [1.82, 2.24) is 14.8 Å². The van der Waals surface area contributed by atoms with Crippen LogP contribution >= 0.6 is 27.5 Å². The molecule has 0 radical (unpaired) electrons. The van der Waals surface area contributed by atoms with Gasteiger partial charge in [0.15, 0.2) is 0 Å². The van der Waals surface area contributed by atoms with E-state index in [2.05, 4.69) is 43.1 Å². The van der Waals surface area contributed by atoms with Gasteiger partial charge in [0.2, 0.25) is 0 Å². The number of pyridine rings is 1. The molecule has 0 saturated carbocycles. The molecule has 2 rings (SSSR count). The lowest BCUT2D eigenvalue weighted by molar-refractivity contribution is 0.158. The van der Waals surface area contributed by atoms with Crippen LogP contribution in [0.15, 0.2) is 16.7 Å². The first-order chi connectivity index (χ1) is 8.65. The summed E-state index contributed by atoms with van der Waals surface area (Å²) in [6.45, 7) is 6.55. The molecule has 1 fully saturated rings. The highest BCUT2D eigenvalue weighted by molar-refractivity contribution is 9.10. The van der Waals surface area contributed by atoms with Crippen LogP contribution in [-0.4, -0.2) is 61.1 Å². The second kappa shape index (κ2) is 6.70. The number of nitrogens with zero attached hydrogens (tertiary/aromatic N) is 3. The molecule has 2 heterocycles. The molecule has 0 atom stereocenters. The first-order valence-electron chi connectivity index (χ1n) is 6.11. The van der Waals surface area contributed by atoms with E-state index in [0.717, 1.165) is 49.6 Å². The lowest BCUT2D eigenvalue weighted by Crippen LogP contribution is -2.45. The van der Waals surface area contributed by atoms with E-state index < -0.39 is 0 Å². The molecule has 0 bridgehead atoms. The zero-order valence-electron chi connectivity index (χ0n) is 10.5. The quantitative estimate of drug-likeness (QED) is 0.915. The Labute approximate surface area is 121 Å². The first-order valence-corrected chi connectivity index (χ1v) is 7.28. The second-order valence-electron chi connectivity index (χ2n) is 4.56. The molecule has 1 aromatic heterocycles. The fraction of sp³-hybridized carbons (Fsp3) is 0.583. The molecule has 1 aliphatic heterocycles. The molecule has 0 unspecified atom stereocenters. The minimum Gasteiger partial charge on any atom is -0.368 e. The predicted molar refractivity (Wildman–Crippen MR) is 79.4 cm³/mol. The molecule has 1 saturated heterocycles. The molecule has 1 N–H and O–H groups in total. The van der Waals surface area contributed by atoms with Crippen LogP contribution in [0.2, 0.25) is 5.02 Å². The molecule has 18 heavy (non-hydrogen) atoms. The van der Waals surface area contributed by atoms with Gasteiger partial charge in [0.1, 0.15) is 5.82 Å². The average Bonchev–Trinajstić information content (AvgIpc) is 2.34. The molecule has 6 heteroatoms. The lowest BCUT2D eigenvalue weighted by atomic mass is 10.3. The summed E-state index contributed by atoms with van der Waals surface area (Å²) < 4.78 is 0.911. The maximum atomic E-state index is 5.85. The summed E-state index contributed by atoms with van der Waals surface area (Å²) in [5.74, 6) is 0.855. The van der Waals surface area contributed by atoms with Crippen molar-refractivity contribution in [3.05, 3.63) is 21.8 Å². The van der Waals surface area contributed by atoms with E-state index in [-0.39, 0.29) is 0 Å². The highest BCUT2D eigenvalue weighted by Crippen LogP contribution is 2.22. The minimum absolute atomic E-state index is 0.645. The molecular weight excluding hydrogens is 316 g/mol. The topological polar surface area (TPSA) is 31.4 Å². The van der Waals surface area contributed by atoms with Crippen LogP contribution in [0.4, 0.5) is 5.82 Å². The third-order valence-electron chi connectivity index (χ3n) is 3.12. The SMILES string of the molecule is CN1CCN(CCNc2ncc(Cl)cc2Br)CC1. The molecule has 100 valence electrons. The van der Waals surface area contributed by atoms with Crippen molar-refractivity contribution in [2.45, 2.75) is 0 Å². The Balaban J connectivity index is 1.75. The van der Waals surface area contributed by atoms with E-state index in [1.54, 1.807) is 6.20 Å². The standard InChI is InChI=1S/C12H18BrClN4/c1-17-4-6-18(7-5-17)3-2-15-12-11(13)8-10(14)9-16-12/h8-9H,2-7H2,1H3,(H,15,16). The smallest absolute Gasteiger partial charge is 0.140 e. The average molecular weight is 334 g/mol. The fourth-order valence-corrected chi connectivity index (χ4v) is 2.73. The number of halogens is 2. The lowest BCUT2D eigenvalue weighted by Gasteiger charge is -2.32. The number of aromatic nitrogens is 1. The second-order valence-corrected chi connectivity index (χ2v) is 5.85. The van der Waals surface area contributed by atoms with Gasteiger partial charge in [-0.05, 0) is 29.0 Å². The zero-order valence-corrected chi connectivity index (χ0v) is 12.8. The van der Waals surface area contributed by atoms with E-state index >= 15 is 0 Å². The molecule has 0 spiro atoms. The molecule has 0 aromatic carbocycles. The number of hydrogen-bond donors (Lipinski definition) is 1. The normalized spacial score (nSPS) is 17.9. The number of likely N-dealkylation sites (N-methyl/N-ethyl adjacent to an activating group) is 1. The number of nitrogens with one attached hydrogen (secondary N) is 1. The van der Waals surface area contributed by atoms with Crippen molar-refractivity contribution in [2.75, 3.05) is 51.6 Å². The molecule has 0 amide bonds. The van der Waals surface area contributed by atoms with Gasteiger partial charge in [0.05, 0.1) is 9.50 Å². The maximum Gasteiger partial charge on any atom is 0.140 e. The summed E-state index contributed by atoms with van der Waals surface area (Å²) in [5.41, 5.74) is 0. The van der Waals surface area contributed by atoms with E-state index in [9.17, 15) is 0 Å². The van der Waals surface area contributed by atoms with Gasteiger partial charge in [-0.25, -0.2) is 4.98 Å². The van der Waals surface area contributed by atoms with E-state index in [4.69, 9.17) is 11.6 Å². The largest absolute Gasteiger partial charge is 0.368 e. The van der Waals surface area contributed by atoms with Gasteiger partial charge in [-0.3, -0.25) is 4.90 Å². The predicted octanol–water partition coefficient (Wildman–Crippen LogP) is 2.16. The highest BCUT2D eigenvalue weighted by Gasteiger charge is 2.13. The van der Waals surface area contributed by atoms with Crippen LogP contribution in [0, 0.1) is 0 Å². The van der Waals surface area contributed by atoms with Crippen molar-refractivity contribution >= 4 is 33.3 Å². The van der Waals surface area contributed by atoms with Crippen molar-refractivity contribution in [3.8, 4) is 0 Å². The Bertz CT molecular complexity index is 394. The van der Waals surface area contributed by atoms with Crippen LogP contribution in [0.3, 0.4) is 0 Å². The molecular formula is C12H18BrClN4. The van der Waals surface area contributed by atoms with Crippen molar-refractivity contribution in [2.24, 2.45) is 0 Å². The molecule has 1 aliphatic rings. The Morgan fingerprint density at radius 2 is 2.11 bits per heavy atom. The van der Waals surface area contributed by atoms with Crippen LogP contribution in [0.25, 0.3) is 0 Å². The highest BCUT2D eigenvalue weighted by atomic mass is 79.9. The van der Waals surface area contributed by atoms with Gasteiger partial charge in [-0.15, -0.1) is 0 Å². The van der Waals surface area contributed by atoms with E-state index in [0.29, 0.717) is 5.02 Å². The number of anilines is 1. The first kappa shape index (κ1) is 14.1. The van der Waals surface area contributed by atoms with Crippen molar-refractivity contribution < 1.29 is 0 Å². The number of hydrogen-bond acceptors (Lipinski definition) is 4. The van der Waals surface area contributed by atoms with E-state index in [1.165, 1.54) is 0 Å². The Morgan fingerprint density at radius 3 is 2.78 bits per heavy atom. The summed E-state index contributed by atoms with van der Waals surface area (Å²) in [6.07, 6.45) is 1.66. The molecule has 0 aliphatic carbocycles. The van der Waals surface area contributed by atoms with Gasteiger partial charge in [0.25, 0.3) is 0 Å². The third kappa shape index (κ3) is 4.09.